The fourth-order valence-electron chi connectivity index (χ4n) is 1.83. The quantitative estimate of drug-likeness (QED) is 0.621. The number of amides is 1. The van der Waals surface area contributed by atoms with E-state index in [0.29, 0.717) is 5.69 Å². The first-order valence-corrected chi connectivity index (χ1v) is 8.22. The number of halogens is 1. The third-order valence-corrected chi connectivity index (χ3v) is 4.64. The number of hydrogen-bond acceptors (Lipinski definition) is 3. The second kappa shape index (κ2) is 7.00. The maximum Gasteiger partial charge on any atom is 0.237 e. The SMILES string of the molecule is Cc1cc(N)ccc1NC(=O)C(C)Sc1ccc(Br)cc1. The zero-order valence-corrected chi connectivity index (χ0v) is 14.3. The summed E-state index contributed by atoms with van der Waals surface area (Å²) in [5.74, 6) is -0.0178. The van der Waals surface area contributed by atoms with Crippen molar-refractivity contribution in [2.24, 2.45) is 0 Å². The molecule has 0 heterocycles. The Bertz CT molecular complexity index is 643. The smallest absolute Gasteiger partial charge is 0.237 e. The Morgan fingerprint density at radius 1 is 1.24 bits per heavy atom. The Hall–Kier alpha value is -1.46. The molecule has 0 saturated carbocycles. The lowest BCUT2D eigenvalue weighted by atomic mass is 10.2. The lowest BCUT2D eigenvalue weighted by Crippen LogP contribution is -2.22. The van der Waals surface area contributed by atoms with Crippen LogP contribution in [0.2, 0.25) is 0 Å². The fraction of sp³-hybridized carbons (Fsp3) is 0.188. The Balaban J connectivity index is 2.00. The van der Waals surface area contributed by atoms with Crippen molar-refractivity contribution in [1.29, 1.82) is 0 Å². The molecule has 1 amide bonds. The lowest BCUT2D eigenvalue weighted by molar-refractivity contribution is -0.115. The second-order valence-corrected chi connectivity index (χ2v) is 7.11. The van der Waals surface area contributed by atoms with E-state index < -0.39 is 0 Å². The van der Waals surface area contributed by atoms with E-state index in [1.165, 1.54) is 11.8 Å². The molecule has 5 heteroatoms. The molecule has 2 aromatic carbocycles. The molecular formula is C16H17BrN2OS. The molecule has 2 aromatic rings. The summed E-state index contributed by atoms with van der Waals surface area (Å²) in [6, 6.07) is 13.4. The van der Waals surface area contributed by atoms with Crippen molar-refractivity contribution in [3.63, 3.8) is 0 Å². The molecule has 1 atom stereocenters. The Kier molecular flexibility index (Phi) is 5.31. The molecule has 0 fully saturated rings. The number of nitrogens with two attached hydrogens (primary N) is 1. The third-order valence-electron chi connectivity index (χ3n) is 3.00. The molecule has 0 aromatic heterocycles. The van der Waals surface area contributed by atoms with Crippen molar-refractivity contribution >= 4 is 45.0 Å². The van der Waals surface area contributed by atoms with Gasteiger partial charge in [0.1, 0.15) is 0 Å². The molecule has 0 radical (unpaired) electrons. The molecule has 21 heavy (non-hydrogen) atoms. The van der Waals surface area contributed by atoms with Crippen LogP contribution in [0.1, 0.15) is 12.5 Å². The number of benzene rings is 2. The summed E-state index contributed by atoms with van der Waals surface area (Å²) in [6.45, 7) is 3.83. The number of hydrogen-bond donors (Lipinski definition) is 2. The van der Waals surface area contributed by atoms with Crippen LogP contribution in [0.5, 0.6) is 0 Å². The summed E-state index contributed by atoms with van der Waals surface area (Å²) < 4.78 is 1.03. The summed E-state index contributed by atoms with van der Waals surface area (Å²) >= 11 is 4.93. The largest absolute Gasteiger partial charge is 0.399 e. The number of rotatable bonds is 4. The molecule has 0 aliphatic carbocycles. The highest BCUT2D eigenvalue weighted by Gasteiger charge is 2.15. The predicted octanol–water partition coefficient (Wildman–Crippen LogP) is 4.46. The molecule has 2 rings (SSSR count). The monoisotopic (exact) mass is 364 g/mol. The highest BCUT2D eigenvalue weighted by Crippen LogP contribution is 2.26. The van der Waals surface area contributed by atoms with Gasteiger partial charge >= 0.3 is 0 Å². The molecule has 0 bridgehead atoms. The van der Waals surface area contributed by atoms with Gasteiger partial charge in [-0.15, -0.1) is 11.8 Å². The lowest BCUT2D eigenvalue weighted by Gasteiger charge is -2.14. The van der Waals surface area contributed by atoms with Crippen LogP contribution in [0.15, 0.2) is 51.8 Å². The minimum Gasteiger partial charge on any atom is -0.399 e. The second-order valence-electron chi connectivity index (χ2n) is 4.78. The van der Waals surface area contributed by atoms with Crippen molar-refractivity contribution < 1.29 is 4.79 Å². The maximum atomic E-state index is 12.2. The average Bonchev–Trinajstić information content (AvgIpc) is 2.44. The van der Waals surface area contributed by atoms with E-state index in [9.17, 15) is 4.79 Å². The molecule has 0 spiro atoms. The summed E-state index contributed by atoms with van der Waals surface area (Å²) in [4.78, 5) is 13.3. The van der Waals surface area contributed by atoms with E-state index in [2.05, 4.69) is 21.2 Å². The van der Waals surface area contributed by atoms with Gasteiger partial charge in [0.05, 0.1) is 5.25 Å². The van der Waals surface area contributed by atoms with Crippen molar-refractivity contribution in [2.75, 3.05) is 11.1 Å². The molecule has 0 saturated heterocycles. The Labute approximate surface area is 137 Å². The van der Waals surface area contributed by atoms with E-state index in [1.54, 1.807) is 6.07 Å². The standard InChI is InChI=1S/C16H17BrN2OS/c1-10-9-13(18)5-8-15(10)19-16(20)11(2)21-14-6-3-12(17)4-7-14/h3-9,11H,18H2,1-2H3,(H,19,20). The van der Waals surface area contributed by atoms with Crippen LogP contribution in [0.4, 0.5) is 11.4 Å². The molecule has 0 aliphatic rings. The van der Waals surface area contributed by atoms with Crippen LogP contribution < -0.4 is 11.1 Å². The van der Waals surface area contributed by atoms with E-state index in [1.807, 2.05) is 50.2 Å². The van der Waals surface area contributed by atoms with E-state index in [-0.39, 0.29) is 11.2 Å². The summed E-state index contributed by atoms with van der Waals surface area (Å²) in [6.07, 6.45) is 0. The van der Waals surface area contributed by atoms with Gasteiger partial charge in [-0.25, -0.2) is 0 Å². The number of thioether (sulfide) groups is 1. The van der Waals surface area contributed by atoms with Gasteiger partial charge in [0.2, 0.25) is 5.91 Å². The summed E-state index contributed by atoms with van der Waals surface area (Å²) in [5, 5.41) is 2.77. The van der Waals surface area contributed by atoms with Gasteiger partial charge in [-0.3, -0.25) is 4.79 Å². The Morgan fingerprint density at radius 2 is 1.90 bits per heavy atom. The topological polar surface area (TPSA) is 55.1 Å². The highest BCUT2D eigenvalue weighted by molar-refractivity contribution is 9.10. The minimum absolute atomic E-state index is 0.0178. The number of aryl methyl sites for hydroxylation is 1. The van der Waals surface area contributed by atoms with E-state index >= 15 is 0 Å². The predicted molar refractivity (Wildman–Crippen MR) is 93.7 cm³/mol. The minimum atomic E-state index is -0.178. The molecular weight excluding hydrogens is 348 g/mol. The van der Waals surface area contributed by atoms with E-state index in [0.717, 1.165) is 20.6 Å². The number of anilines is 2. The zero-order chi connectivity index (χ0) is 15.4. The Morgan fingerprint density at radius 3 is 2.52 bits per heavy atom. The van der Waals surface area contributed by atoms with Gasteiger partial charge in [0.25, 0.3) is 0 Å². The summed E-state index contributed by atoms with van der Waals surface area (Å²) in [7, 11) is 0. The van der Waals surface area contributed by atoms with Gasteiger partial charge in [-0.1, -0.05) is 15.9 Å². The first-order chi connectivity index (χ1) is 9.95. The zero-order valence-electron chi connectivity index (χ0n) is 11.9. The normalized spacial score (nSPS) is 12.0. The maximum absolute atomic E-state index is 12.2. The molecule has 3 nitrogen and oxygen atoms in total. The first kappa shape index (κ1) is 15.9. The number of nitrogen functional groups attached to an aromatic ring is 1. The number of carbonyl (C=O) groups is 1. The van der Waals surface area contributed by atoms with Crippen molar-refractivity contribution in [1.82, 2.24) is 0 Å². The fourth-order valence-corrected chi connectivity index (χ4v) is 2.96. The first-order valence-electron chi connectivity index (χ1n) is 6.55. The van der Waals surface area contributed by atoms with Gasteiger partial charge in [-0.05, 0) is 61.9 Å². The highest BCUT2D eigenvalue weighted by atomic mass is 79.9. The van der Waals surface area contributed by atoms with Gasteiger partial charge < -0.3 is 11.1 Å². The number of nitrogens with one attached hydrogen (secondary N) is 1. The molecule has 110 valence electrons. The van der Waals surface area contributed by atoms with Crippen molar-refractivity contribution in [2.45, 2.75) is 24.0 Å². The van der Waals surface area contributed by atoms with E-state index in [4.69, 9.17) is 5.73 Å². The molecule has 3 N–H and O–H groups in total. The summed E-state index contributed by atoms with van der Waals surface area (Å²) in [5.41, 5.74) is 8.17. The van der Waals surface area contributed by atoms with Crippen molar-refractivity contribution in [3.05, 3.63) is 52.5 Å². The van der Waals surface area contributed by atoms with Crippen LogP contribution in [0.3, 0.4) is 0 Å². The van der Waals surface area contributed by atoms with Crippen LogP contribution >= 0.6 is 27.7 Å². The van der Waals surface area contributed by atoms with Crippen LogP contribution in [-0.2, 0) is 4.79 Å². The molecule has 0 aliphatic heterocycles. The molecule has 1 unspecified atom stereocenters. The average molecular weight is 365 g/mol. The van der Waals surface area contributed by atoms with Gasteiger partial charge in [0.15, 0.2) is 0 Å². The third kappa shape index (κ3) is 4.51. The van der Waals surface area contributed by atoms with Crippen LogP contribution in [0.25, 0.3) is 0 Å². The van der Waals surface area contributed by atoms with Gasteiger partial charge in [0, 0.05) is 20.7 Å². The van der Waals surface area contributed by atoms with Crippen molar-refractivity contribution in [3.8, 4) is 0 Å². The van der Waals surface area contributed by atoms with Crippen LogP contribution in [-0.4, -0.2) is 11.2 Å². The number of carbonyl (C=O) groups excluding carboxylic acids is 1. The van der Waals surface area contributed by atoms with Gasteiger partial charge in [-0.2, -0.15) is 0 Å². The van der Waals surface area contributed by atoms with Crippen LogP contribution in [0, 0.1) is 6.92 Å².